The van der Waals surface area contributed by atoms with E-state index in [1.807, 2.05) is 27.7 Å². The molecule has 6 heteroatoms. The van der Waals surface area contributed by atoms with Crippen molar-refractivity contribution in [1.82, 2.24) is 5.32 Å². The standard InChI is InChI=1S/C11H20Cl3NO2/c1-7(2)5-9(16)15-10(11(12,13)14)17-6-8(3)4/h7-8,10H,5-6H2,1-4H3,(H,15,16)/t10-/m1/s1. The maximum atomic E-state index is 11.6. The highest BCUT2D eigenvalue weighted by atomic mass is 35.6. The fourth-order valence-electron chi connectivity index (χ4n) is 1.08. The molecule has 0 aromatic carbocycles. The molecule has 1 atom stereocenters. The van der Waals surface area contributed by atoms with Gasteiger partial charge in [0.15, 0.2) is 6.23 Å². The van der Waals surface area contributed by atoms with Gasteiger partial charge in [-0.2, -0.15) is 0 Å². The third-order valence-corrected chi connectivity index (χ3v) is 2.37. The van der Waals surface area contributed by atoms with Crippen molar-refractivity contribution in [3.05, 3.63) is 0 Å². The van der Waals surface area contributed by atoms with Crippen molar-refractivity contribution in [1.29, 1.82) is 0 Å². The van der Waals surface area contributed by atoms with Gasteiger partial charge >= 0.3 is 0 Å². The summed E-state index contributed by atoms with van der Waals surface area (Å²) >= 11 is 17.3. The lowest BCUT2D eigenvalue weighted by Crippen LogP contribution is -2.46. The molecule has 0 saturated carbocycles. The highest BCUT2D eigenvalue weighted by molar-refractivity contribution is 6.68. The fraction of sp³-hybridized carbons (Fsp3) is 0.909. The Labute approximate surface area is 118 Å². The van der Waals surface area contributed by atoms with Crippen molar-refractivity contribution < 1.29 is 9.53 Å². The van der Waals surface area contributed by atoms with Gasteiger partial charge in [-0.15, -0.1) is 0 Å². The molecular weight excluding hydrogens is 284 g/mol. The quantitative estimate of drug-likeness (QED) is 0.602. The molecule has 0 saturated heterocycles. The summed E-state index contributed by atoms with van der Waals surface area (Å²) in [7, 11) is 0. The topological polar surface area (TPSA) is 38.3 Å². The van der Waals surface area contributed by atoms with Gasteiger partial charge in [-0.3, -0.25) is 4.79 Å². The first kappa shape index (κ1) is 17.3. The van der Waals surface area contributed by atoms with E-state index >= 15 is 0 Å². The minimum absolute atomic E-state index is 0.180. The van der Waals surface area contributed by atoms with Crippen LogP contribution in [0, 0.1) is 11.8 Å². The summed E-state index contributed by atoms with van der Waals surface area (Å²) in [4.78, 5) is 11.6. The average molecular weight is 305 g/mol. The molecule has 0 aromatic heterocycles. The second kappa shape index (κ2) is 7.67. The maximum Gasteiger partial charge on any atom is 0.234 e. The average Bonchev–Trinajstić information content (AvgIpc) is 2.08. The predicted molar refractivity (Wildman–Crippen MR) is 72.5 cm³/mol. The molecule has 0 radical (unpaired) electrons. The van der Waals surface area contributed by atoms with E-state index in [4.69, 9.17) is 39.5 Å². The molecule has 0 bridgehead atoms. The van der Waals surface area contributed by atoms with Crippen molar-refractivity contribution >= 4 is 40.7 Å². The first-order valence-electron chi connectivity index (χ1n) is 5.60. The second-order valence-electron chi connectivity index (χ2n) is 4.81. The van der Waals surface area contributed by atoms with E-state index in [9.17, 15) is 4.79 Å². The molecule has 0 heterocycles. The van der Waals surface area contributed by atoms with E-state index in [1.54, 1.807) is 0 Å². The van der Waals surface area contributed by atoms with Crippen molar-refractivity contribution in [2.24, 2.45) is 11.8 Å². The number of hydrogen-bond acceptors (Lipinski definition) is 2. The molecular formula is C11H20Cl3NO2. The van der Waals surface area contributed by atoms with Gasteiger partial charge in [0.05, 0.1) is 6.61 Å². The fourth-order valence-corrected chi connectivity index (χ4v) is 1.44. The summed E-state index contributed by atoms with van der Waals surface area (Å²) in [5.41, 5.74) is 0. The highest BCUT2D eigenvalue weighted by Gasteiger charge is 2.35. The smallest absolute Gasteiger partial charge is 0.234 e. The van der Waals surface area contributed by atoms with Crippen LogP contribution in [0.25, 0.3) is 0 Å². The maximum absolute atomic E-state index is 11.6. The van der Waals surface area contributed by atoms with E-state index in [-0.39, 0.29) is 11.8 Å². The van der Waals surface area contributed by atoms with Crippen LogP contribution < -0.4 is 5.32 Å². The Kier molecular flexibility index (Phi) is 7.81. The van der Waals surface area contributed by atoms with Gasteiger partial charge in [0.2, 0.25) is 9.70 Å². The van der Waals surface area contributed by atoms with Gasteiger partial charge in [0, 0.05) is 6.42 Å². The lowest BCUT2D eigenvalue weighted by molar-refractivity contribution is -0.126. The number of rotatable bonds is 6. The minimum Gasteiger partial charge on any atom is -0.354 e. The molecule has 0 aromatic rings. The number of alkyl halides is 3. The molecule has 0 spiro atoms. The Morgan fingerprint density at radius 3 is 2.06 bits per heavy atom. The highest BCUT2D eigenvalue weighted by Crippen LogP contribution is 2.31. The molecule has 1 amide bonds. The molecule has 0 fully saturated rings. The SMILES string of the molecule is CC(C)CO[C@@H](NC(=O)CC(C)C)C(Cl)(Cl)Cl. The second-order valence-corrected chi connectivity index (χ2v) is 7.18. The molecule has 0 aliphatic carbocycles. The van der Waals surface area contributed by atoms with Crippen LogP contribution in [0.4, 0.5) is 0 Å². The van der Waals surface area contributed by atoms with Crippen molar-refractivity contribution in [2.45, 2.75) is 44.1 Å². The van der Waals surface area contributed by atoms with Crippen LogP contribution in [0.5, 0.6) is 0 Å². The van der Waals surface area contributed by atoms with Gasteiger partial charge in [-0.25, -0.2) is 0 Å². The lowest BCUT2D eigenvalue weighted by Gasteiger charge is -2.26. The monoisotopic (exact) mass is 303 g/mol. The largest absolute Gasteiger partial charge is 0.354 e. The van der Waals surface area contributed by atoms with Crippen molar-refractivity contribution in [2.75, 3.05) is 6.61 Å². The van der Waals surface area contributed by atoms with Gasteiger partial charge in [0.1, 0.15) is 0 Å². The first-order valence-corrected chi connectivity index (χ1v) is 6.74. The number of amides is 1. The Bertz CT molecular complexity index is 239. The van der Waals surface area contributed by atoms with Crippen LogP contribution in [0.1, 0.15) is 34.1 Å². The minimum atomic E-state index is -1.67. The summed E-state index contributed by atoms with van der Waals surface area (Å²) in [6, 6.07) is 0. The number of carbonyl (C=O) groups is 1. The van der Waals surface area contributed by atoms with E-state index in [0.717, 1.165) is 0 Å². The summed E-state index contributed by atoms with van der Waals surface area (Å²) in [6.45, 7) is 8.26. The molecule has 3 nitrogen and oxygen atoms in total. The number of halogens is 3. The molecule has 1 N–H and O–H groups in total. The van der Waals surface area contributed by atoms with Gasteiger partial charge in [-0.05, 0) is 11.8 Å². The zero-order valence-electron chi connectivity index (χ0n) is 10.6. The van der Waals surface area contributed by atoms with Crippen LogP contribution in [0.2, 0.25) is 0 Å². The van der Waals surface area contributed by atoms with Gasteiger partial charge in [-0.1, -0.05) is 62.5 Å². The van der Waals surface area contributed by atoms with Crippen LogP contribution in [0.15, 0.2) is 0 Å². The normalized spacial score (nSPS) is 14.2. The zero-order valence-corrected chi connectivity index (χ0v) is 12.9. The Morgan fingerprint density at radius 1 is 1.18 bits per heavy atom. The molecule has 0 unspecified atom stereocenters. The number of hydrogen-bond donors (Lipinski definition) is 1. The zero-order chi connectivity index (χ0) is 13.6. The van der Waals surface area contributed by atoms with Crippen LogP contribution >= 0.6 is 34.8 Å². The van der Waals surface area contributed by atoms with Crippen molar-refractivity contribution in [3.63, 3.8) is 0 Å². The Morgan fingerprint density at radius 2 is 1.71 bits per heavy atom. The summed E-state index contributed by atoms with van der Waals surface area (Å²) in [6.07, 6.45) is -0.538. The van der Waals surface area contributed by atoms with E-state index in [1.165, 1.54) is 0 Å². The summed E-state index contributed by atoms with van der Waals surface area (Å²) in [5, 5.41) is 2.59. The third kappa shape index (κ3) is 8.95. The van der Waals surface area contributed by atoms with Gasteiger partial charge in [0.25, 0.3) is 0 Å². The number of carbonyl (C=O) groups excluding carboxylic acids is 1. The Balaban J connectivity index is 4.34. The number of ether oxygens (including phenoxy) is 1. The van der Waals surface area contributed by atoms with Crippen LogP contribution in [-0.2, 0) is 9.53 Å². The van der Waals surface area contributed by atoms with E-state index in [0.29, 0.717) is 18.9 Å². The Hall–Kier alpha value is 0.300. The number of nitrogens with one attached hydrogen (secondary N) is 1. The molecule has 0 aliphatic rings. The molecule has 0 rings (SSSR count). The van der Waals surface area contributed by atoms with Crippen LogP contribution in [0.3, 0.4) is 0 Å². The predicted octanol–water partition coefficient (Wildman–Crippen LogP) is 3.52. The van der Waals surface area contributed by atoms with E-state index < -0.39 is 10.0 Å². The molecule has 0 aliphatic heterocycles. The molecule has 17 heavy (non-hydrogen) atoms. The van der Waals surface area contributed by atoms with Crippen molar-refractivity contribution in [3.8, 4) is 0 Å². The van der Waals surface area contributed by atoms with E-state index in [2.05, 4.69) is 5.32 Å². The van der Waals surface area contributed by atoms with Crippen LogP contribution in [-0.4, -0.2) is 22.5 Å². The lowest BCUT2D eigenvalue weighted by atomic mass is 10.1. The third-order valence-electron chi connectivity index (χ3n) is 1.78. The summed E-state index contributed by atoms with van der Waals surface area (Å²) in [5.74, 6) is 0.364. The first-order chi connectivity index (χ1) is 7.62. The summed E-state index contributed by atoms with van der Waals surface area (Å²) < 4.78 is 3.73. The molecule has 102 valence electrons. The van der Waals surface area contributed by atoms with Gasteiger partial charge < -0.3 is 10.1 Å².